The monoisotopic (exact) mass is 1300 g/mol. The molecule has 0 amide bonds. The lowest BCUT2D eigenvalue weighted by Gasteiger charge is -2.18. The summed E-state index contributed by atoms with van der Waals surface area (Å²) in [6.45, 7) is 1.19. The van der Waals surface area contributed by atoms with Gasteiger partial charge in [0.2, 0.25) is 11.9 Å². The largest absolute Gasteiger partial charge is 0.437 e. The minimum absolute atomic E-state index is 0. The first kappa shape index (κ1) is 78.1. The number of aliphatic imine (C=N–C) groups is 1. The molecule has 0 fully saturated rings. The highest BCUT2D eigenvalue weighted by molar-refractivity contribution is 8.28. The van der Waals surface area contributed by atoms with E-state index >= 15 is 0 Å². The lowest BCUT2D eigenvalue weighted by Crippen LogP contribution is -2.20. The standard InChI is InChI=1S/C18H15P.C11H14N7O5P.C10H8N2S2.C9H14N5O5P.C4H5N.6CH4/c1-4-10-16(11-5-1)19(17-12-6-2-7-13-17)18-14-8-3-9-15-18;12-11-15-9-8(10(19)16-11)14-6-17(9)7-22-3-4-23-24(20,21)18-2-1-13-5-18;13-14(9-5-1-3-7-11-9)10-6-2-4-8-12-10;1-20(16,17)19-3-2-18-5-14-4-11-6-7(14)12-9(10)13-8(6)15;1-2-4-5-3-1;;;;;;/h1-15H;1-2,5-6H,3-4,7H2,(H,20,21)(H3,12,15,16,19);1-8H;4H,2-3,5H2,1H3,(H,16,17)(H3,10,12,13,15);1,3-4H,2H2;6*1H4. The van der Waals surface area contributed by atoms with E-state index in [1.165, 1.54) is 56.4 Å². The van der Waals surface area contributed by atoms with E-state index in [1.807, 2.05) is 48.7 Å². The zero-order valence-corrected chi connectivity index (χ0v) is 48.1. The Bertz CT molecular complexity index is 3720. The number of aromatic amines is 2. The van der Waals surface area contributed by atoms with Crippen molar-refractivity contribution in [2.24, 2.45) is 4.99 Å². The SMILES string of the molecule is C.C.C.C.C.C.C1=CN=CC1.CP(=O)(O)OCCOCn1cnc2c(=O)[nH]c(N)nc21.Nc1nc2c(ncn2COCCOP(=O)(O)n2ccnc2)c(=O)[nH]1.S=S(c1ccccn1)c1ccccn1.c1ccc(P(c2ccccc2)c2ccccc2)cc1. The van der Waals surface area contributed by atoms with Crippen LogP contribution in [0.2, 0.25) is 0 Å². The van der Waals surface area contributed by atoms with Crippen molar-refractivity contribution in [2.75, 3.05) is 44.6 Å². The predicted molar refractivity (Wildman–Crippen MR) is 360 cm³/mol. The summed E-state index contributed by atoms with van der Waals surface area (Å²) in [6, 6.07) is 43.8. The summed E-state index contributed by atoms with van der Waals surface area (Å²) in [5.74, 6) is -0.0427. The van der Waals surface area contributed by atoms with E-state index in [0.29, 0.717) is 5.65 Å². The molecule has 7 aromatic heterocycles. The van der Waals surface area contributed by atoms with Gasteiger partial charge in [-0.25, -0.2) is 33.8 Å². The molecule has 0 spiro atoms. The van der Waals surface area contributed by atoms with Gasteiger partial charge in [-0.05, 0) is 68.7 Å². The molecule has 474 valence electrons. The zero-order chi connectivity index (χ0) is 58.2. The van der Waals surface area contributed by atoms with Crippen LogP contribution in [-0.4, -0.2) is 107 Å². The fourth-order valence-corrected chi connectivity index (χ4v) is 12.0. The quantitative estimate of drug-likeness (QED) is 0.0344. The fourth-order valence-electron chi connectivity index (χ4n) is 6.91. The van der Waals surface area contributed by atoms with E-state index in [-0.39, 0.29) is 113 Å². The van der Waals surface area contributed by atoms with Crippen LogP contribution in [0.15, 0.2) is 208 Å². The van der Waals surface area contributed by atoms with Gasteiger partial charge in [-0.15, -0.1) is 0 Å². The Morgan fingerprint density at radius 3 is 1.39 bits per heavy atom. The summed E-state index contributed by atoms with van der Waals surface area (Å²) in [7, 11) is -8.34. The van der Waals surface area contributed by atoms with Gasteiger partial charge in [-0.2, -0.15) is 9.97 Å². The van der Waals surface area contributed by atoms with Crippen LogP contribution in [0, 0.1) is 0 Å². The zero-order valence-electron chi connectivity index (χ0n) is 43.7. The van der Waals surface area contributed by atoms with Crippen LogP contribution >= 0.6 is 23.3 Å². The molecule has 0 saturated heterocycles. The number of rotatable bonds is 18. The Hall–Kier alpha value is -7.90. The normalized spacial score (nSPS) is 12.1. The van der Waals surface area contributed by atoms with E-state index in [0.717, 1.165) is 27.5 Å². The Morgan fingerprint density at radius 2 is 1.03 bits per heavy atom. The summed E-state index contributed by atoms with van der Waals surface area (Å²) in [4.78, 5) is 78.1. The number of anilines is 2. The number of H-pyrrole nitrogens is 2. The number of nitrogens with zero attached hydrogens (tertiary/aromatic N) is 11. The summed E-state index contributed by atoms with van der Waals surface area (Å²) in [5.41, 5.74) is 11.0. The smallest absolute Gasteiger partial charge is 0.369 e. The number of imidazole rings is 3. The predicted octanol–water partition coefficient (Wildman–Crippen LogP) is 9.26. The molecule has 25 nitrogen and oxygen atoms in total. The number of nitrogens with one attached hydrogen (secondary N) is 2. The maximum Gasteiger partial charge on any atom is 0.437 e. The van der Waals surface area contributed by atoms with E-state index in [2.05, 4.69) is 145 Å². The number of hydrogen-bond donors (Lipinski definition) is 6. The van der Waals surface area contributed by atoms with Crippen molar-refractivity contribution in [1.29, 1.82) is 0 Å². The number of nitrogen functional groups attached to an aromatic ring is 2. The van der Waals surface area contributed by atoms with Gasteiger partial charge in [0.1, 0.15) is 29.8 Å². The fraction of sp³-hybridized carbons (Fsp3) is 0.241. The Labute approximate surface area is 521 Å². The summed E-state index contributed by atoms with van der Waals surface area (Å²) in [5, 5.41) is 6.00. The van der Waals surface area contributed by atoms with E-state index < -0.39 is 43.8 Å². The number of hydrogen-bond acceptors (Lipinski definition) is 19. The van der Waals surface area contributed by atoms with Crippen LogP contribution in [0.5, 0.6) is 0 Å². The lowest BCUT2D eigenvalue weighted by molar-refractivity contribution is 0.0523. The third-order valence-electron chi connectivity index (χ3n) is 10.5. The van der Waals surface area contributed by atoms with Crippen molar-refractivity contribution in [3.63, 3.8) is 0 Å². The Kier molecular flexibility index (Phi) is 35.3. The molecule has 30 heteroatoms. The van der Waals surface area contributed by atoms with Crippen LogP contribution in [0.1, 0.15) is 51.0 Å². The highest BCUT2D eigenvalue weighted by Gasteiger charge is 2.21. The molecular formula is C58H80N15O10P3S2. The molecule has 11 rings (SSSR count). The third kappa shape index (κ3) is 24.3. The highest BCUT2D eigenvalue weighted by Crippen LogP contribution is 2.42. The first-order valence-corrected chi connectivity index (χ1v) is 31.5. The number of nitrogens with two attached hydrogens (primary N) is 2. The second kappa shape index (κ2) is 39.8. The molecule has 0 aliphatic carbocycles. The van der Waals surface area contributed by atoms with Crippen molar-refractivity contribution in [3.8, 4) is 0 Å². The Morgan fingerprint density at radius 1 is 0.602 bits per heavy atom. The summed E-state index contributed by atoms with van der Waals surface area (Å²) >= 11 is 5.37. The highest BCUT2D eigenvalue weighted by atomic mass is 32.8. The average molecular weight is 1300 g/mol. The maximum absolute atomic E-state index is 11.8. The molecule has 8 N–H and O–H groups in total. The summed E-state index contributed by atoms with van der Waals surface area (Å²) in [6.07, 6.45) is 16.9. The van der Waals surface area contributed by atoms with Crippen molar-refractivity contribution in [2.45, 2.75) is 74.5 Å². The lowest BCUT2D eigenvalue weighted by atomic mass is 10.4. The van der Waals surface area contributed by atoms with Gasteiger partial charge in [0.25, 0.3) is 11.1 Å². The second-order valence-electron chi connectivity index (χ2n) is 16.6. The van der Waals surface area contributed by atoms with Gasteiger partial charge in [0.15, 0.2) is 22.3 Å². The van der Waals surface area contributed by atoms with Gasteiger partial charge >= 0.3 is 15.3 Å². The molecule has 1 aliphatic rings. The molecule has 2 atom stereocenters. The van der Waals surface area contributed by atoms with Crippen molar-refractivity contribution < 1.29 is 37.4 Å². The van der Waals surface area contributed by atoms with Gasteiger partial charge < -0.3 is 35.3 Å². The molecule has 8 heterocycles. The number of aromatic nitrogens is 12. The van der Waals surface area contributed by atoms with Gasteiger partial charge in [0, 0.05) is 50.3 Å². The van der Waals surface area contributed by atoms with Crippen LogP contribution in [0.4, 0.5) is 11.9 Å². The minimum atomic E-state index is -3.97. The molecular weight excluding hydrogens is 1220 g/mol. The van der Waals surface area contributed by atoms with E-state index in [9.17, 15) is 23.6 Å². The van der Waals surface area contributed by atoms with Crippen LogP contribution in [0.3, 0.4) is 0 Å². The van der Waals surface area contributed by atoms with Crippen LogP contribution in [-0.2, 0) is 61.8 Å². The van der Waals surface area contributed by atoms with E-state index in [1.54, 1.807) is 18.6 Å². The molecule has 88 heavy (non-hydrogen) atoms. The number of pyridine rings is 2. The van der Waals surface area contributed by atoms with Gasteiger partial charge in [0.05, 0.1) is 39.1 Å². The van der Waals surface area contributed by atoms with Gasteiger partial charge in [-0.3, -0.25) is 42.8 Å². The first-order valence-electron chi connectivity index (χ1n) is 24.5. The second-order valence-corrected chi connectivity index (χ2v) is 24.7. The molecule has 0 saturated carbocycles. The molecule has 2 unspecified atom stereocenters. The summed E-state index contributed by atoms with van der Waals surface area (Å²) < 4.78 is 46.8. The Balaban J connectivity index is 0.000000564. The average Bonchev–Trinajstić information content (AvgIpc) is 3.64. The van der Waals surface area contributed by atoms with Crippen LogP contribution in [0.25, 0.3) is 22.3 Å². The number of benzene rings is 3. The van der Waals surface area contributed by atoms with Crippen molar-refractivity contribution in [1.82, 2.24) is 58.3 Å². The molecule has 0 radical (unpaired) electrons. The van der Waals surface area contributed by atoms with Gasteiger partial charge in [-0.1, -0.05) is 154 Å². The van der Waals surface area contributed by atoms with Crippen molar-refractivity contribution >= 4 is 100 Å². The van der Waals surface area contributed by atoms with Crippen LogP contribution < -0.4 is 38.5 Å². The molecule has 3 aromatic carbocycles. The number of fused-ring (bicyclic) bond motifs is 2. The number of ether oxygens (including phenoxy) is 2. The third-order valence-corrected chi connectivity index (χ3v) is 17.2. The molecule has 10 aromatic rings. The molecule has 1 aliphatic heterocycles. The first-order chi connectivity index (χ1) is 39.7. The number of allylic oxidation sites excluding steroid dienone is 1. The van der Waals surface area contributed by atoms with E-state index in [4.69, 9.17) is 41.5 Å². The molecule has 0 bridgehead atoms. The minimum Gasteiger partial charge on any atom is -0.369 e. The maximum atomic E-state index is 11.8. The van der Waals surface area contributed by atoms with Crippen molar-refractivity contribution in [3.05, 3.63) is 204 Å². The topological polar surface area (TPSA) is 347 Å².